The van der Waals surface area contributed by atoms with Crippen LogP contribution in [0.25, 0.3) is 0 Å². The molecule has 1 rings (SSSR count). The van der Waals surface area contributed by atoms with Gasteiger partial charge in [0, 0.05) is 13.1 Å². The van der Waals surface area contributed by atoms with Crippen molar-refractivity contribution in [2.24, 2.45) is 5.92 Å². The second kappa shape index (κ2) is 7.09. The van der Waals surface area contributed by atoms with E-state index in [1.54, 1.807) is 0 Å². The normalized spacial score (nSPS) is 12.4. The maximum absolute atomic E-state index is 8.75. The molecule has 0 aliphatic heterocycles. The average Bonchev–Trinajstić information content (AvgIpc) is 2.38. The number of benzene rings is 1. The van der Waals surface area contributed by atoms with E-state index in [1.807, 2.05) is 12.1 Å². The topological polar surface area (TPSA) is 27.0 Å². The van der Waals surface area contributed by atoms with Crippen LogP contribution in [0.2, 0.25) is 0 Å². The fraction of sp³-hybridized carbons (Fsp3) is 0.533. The van der Waals surface area contributed by atoms with Crippen molar-refractivity contribution in [1.82, 2.24) is 4.90 Å². The third-order valence-electron chi connectivity index (χ3n) is 3.20. The molecule has 92 valence electrons. The van der Waals surface area contributed by atoms with E-state index in [9.17, 15) is 0 Å². The monoisotopic (exact) mass is 230 g/mol. The van der Waals surface area contributed by atoms with E-state index < -0.39 is 0 Å². The standard InChI is InChI=1S/C15H22N2/c1-4-13(3)11-17(5-2)12-15-8-6-14(10-16)7-9-15/h6-9,13H,4-5,11-12H2,1-3H3. The summed E-state index contributed by atoms with van der Waals surface area (Å²) in [5, 5.41) is 8.75. The van der Waals surface area contributed by atoms with Crippen molar-refractivity contribution in [1.29, 1.82) is 5.26 Å². The smallest absolute Gasteiger partial charge is 0.0991 e. The maximum atomic E-state index is 8.75. The summed E-state index contributed by atoms with van der Waals surface area (Å²) in [6.07, 6.45) is 1.23. The van der Waals surface area contributed by atoms with Gasteiger partial charge in [-0.25, -0.2) is 0 Å². The van der Waals surface area contributed by atoms with E-state index in [2.05, 4.69) is 43.9 Å². The number of nitriles is 1. The quantitative estimate of drug-likeness (QED) is 0.748. The summed E-state index contributed by atoms with van der Waals surface area (Å²) in [5.74, 6) is 0.744. The van der Waals surface area contributed by atoms with Crippen LogP contribution in [0, 0.1) is 17.2 Å². The van der Waals surface area contributed by atoms with Crippen molar-refractivity contribution in [3.05, 3.63) is 35.4 Å². The molecule has 0 aliphatic carbocycles. The first-order valence-corrected chi connectivity index (χ1v) is 6.41. The van der Waals surface area contributed by atoms with Crippen LogP contribution < -0.4 is 0 Å². The number of nitrogens with zero attached hydrogens (tertiary/aromatic N) is 2. The Bertz CT molecular complexity index is 362. The van der Waals surface area contributed by atoms with Crippen LogP contribution in [-0.2, 0) is 6.54 Å². The molecule has 0 amide bonds. The van der Waals surface area contributed by atoms with E-state index in [1.165, 1.54) is 12.0 Å². The van der Waals surface area contributed by atoms with Crippen molar-refractivity contribution >= 4 is 0 Å². The lowest BCUT2D eigenvalue weighted by Crippen LogP contribution is -2.27. The number of hydrogen-bond donors (Lipinski definition) is 0. The molecule has 1 unspecified atom stereocenters. The highest BCUT2D eigenvalue weighted by Crippen LogP contribution is 2.10. The highest BCUT2D eigenvalue weighted by atomic mass is 15.1. The molecule has 0 radical (unpaired) electrons. The maximum Gasteiger partial charge on any atom is 0.0991 e. The van der Waals surface area contributed by atoms with Crippen molar-refractivity contribution < 1.29 is 0 Å². The summed E-state index contributed by atoms with van der Waals surface area (Å²) in [6.45, 7) is 9.93. The van der Waals surface area contributed by atoms with E-state index in [0.29, 0.717) is 0 Å². The van der Waals surface area contributed by atoms with Crippen molar-refractivity contribution in [2.45, 2.75) is 33.7 Å². The van der Waals surface area contributed by atoms with Gasteiger partial charge < -0.3 is 0 Å². The van der Waals surface area contributed by atoms with Crippen LogP contribution >= 0.6 is 0 Å². The molecule has 0 aliphatic rings. The fourth-order valence-corrected chi connectivity index (χ4v) is 1.82. The summed E-state index contributed by atoms with van der Waals surface area (Å²) in [6, 6.07) is 10.0. The Labute approximate surface area is 105 Å². The lowest BCUT2D eigenvalue weighted by molar-refractivity contribution is 0.238. The highest BCUT2D eigenvalue weighted by molar-refractivity contribution is 5.31. The summed E-state index contributed by atoms with van der Waals surface area (Å²) in [7, 11) is 0. The van der Waals surface area contributed by atoms with Crippen LogP contribution in [0.5, 0.6) is 0 Å². The Morgan fingerprint density at radius 1 is 1.24 bits per heavy atom. The van der Waals surface area contributed by atoms with E-state index in [4.69, 9.17) is 5.26 Å². The average molecular weight is 230 g/mol. The van der Waals surface area contributed by atoms with Gasteiger partial charge in [-0.1, -0.05) is 39.3 Å². The van der Waals surface area contributed by atoms with Crippen LogP contribution in [0.4, 0.5) is 0 Å². The predicted octanol–water partition coefficient (Wildman–Crippen LogP) is 3.43. The zero-order valence-electron chi connectivity index (χ0n) is 11.1. The Balaban J connectivity index is 2.58. The van der Waals surface area contributed by atoms with Gasteiger partial charge >= 0.3 is 0 Å². The van der Waals surface area contributed by atoms with Crippen LogP contribution in [0.3, 0.4) is 0 Å². The van der Waals surface area contributed by atoms with Gasteiger partial charge in [0.15, 0.2) is 0 Å². The molecule has 17 heavy (non-hydrogen) atoms. The van der Waals surface area contributed by atoms with Crippen molar-refractivity contribution in [2.75, 3.05) is 13.1 Å². The molecule has 1 atom stereocenters. The van der Waals surface area contributed by atoms with Gasteiger partial charge in [0.2, 0.25) is 0 Å². The minimum absolute atomic E-state index is 0.735. The molecular formula is C15H22N2. The number of rotatable bonds is 6. The van der Waals surface area contributed by atoms with Gasteiger partial charge in [-0.15, -0.1) is 0 Å². The highest BCUT2D eigenvalue weighted by Gasteiger charge is 2.07. The largest absolute Gasteiger partial charge is 0.299 e. The minimum atomic E-state index is 0.735. The zero-order chi connectivity index (χ0) is 12.7. The Morgan fingerprint density at radius 2 is 1.88 bits per heavy atom. The molecule has 0 saturated carbocycles. The second-order valence-corrected chi connectivity index (χ2v) is 4.65. The second-order valence-electron chi connectivity index (χ2n) is 4.65. The van der Waals surface area contributed by atoms with Gasteiger partial charge in [-0.05, 0) is 30.2 Å². The fourth-order valence-electron chi connectivity index (χ4n) is 1.82. The van der Waals surface area contributed by atoms with Crippen LogP contribution in [0.15, 0.2) is 24.3 Å². The first kappa shape index (κ1) is 13.7. The third kappa shape index (κ3) is 4.58. The summed E-state index contributed by atoms with van der Waals surface area (Å²) in [4.78, 5) is 2.45. The predicted molar refractivity (Wildman–Crippen MR) is 71.6 cm³/mol. The molecule has 2 nitrogen and oxygen atoms in total. The molecule has 1 aromatic rings. The van der Waals surface area contributed by atoms with Crippen molar-refractivity contribution in [3.63, 3.8) is 0 Å². The lowest BCUT2D eigenvalue weighted by atomic mass is 10.1. The Kier molecular flexibility index (Phi) is 5.72. The van der Waals surface area contributed by atoms with Crippen molar-refractivity contribution in [3.8, 4) is 6.07 Å². The molecule has 0 heterocycles. The van der Waals surface area contributed by atoms with Gasteiger partial charge in [0.25, 0.3) is 0 Å². The molecule has 0 bridgehead atoms. The van der Waals surface area contributed by atoms with Gasteiger partial charge in [-0.2, -0.15) is 5.26 Å². The number of hydrogen-bond acceptors (Lipinski definition) is 2. The first-order valence-electron chi connectivity index (χ1n) is 6.41. The molecular weight excluding hydrogens is 208 g/mol. The molecule has 2 heteroatoms. The molecule has 0 fully saturated rings. The summed E-state index contributed by atoms with van der Waals surface area (Å²) in [5.41, 5.74) is 2.02. The van der Waals surface area contributed by atoms with Gasteiger partial charge in [-0.3, -0.25) is 4.90 Å². The lowest BCUT2D eigenvalue weighted by Gasteiger charge is -2.23. The SMILES string of the molecule is CCC(C)CN(CC)Cc1ccc(C#N)cc1. The third-order valence-corrected chi connectivity index (χ3v) is 3.20. The summed E-state index contributed by atoms with van der Waals surface area (Å²) < 4.78 is 0. The van der Waals surface area contributed by atoms with Crippen LogP contribution in [0.1, 0.15) is 38.3 Å². The zero-order valence-corrected chi connectivity index (χ0v) is 11.1. The molecule has 0 saturated heterocycles. The Hall–Kier alpha value is -1.33. The minimum Gasteiger partial charge on any atom is -0.299 e. The summed E-state index contributed by atoms with van der Waals surface area (Å²) >= 11 is 0. The Morgan fingerprint density at radius 3 is 2.35 bits per heavy atom. The molecule has 0 spiro atoms. The first-order chi connectivity index (χ1) is 8.19. The molecule has 0 aromatic heterocycles. The van der Waals surface area contributed by atoms with E-state index in [-0.39, 0.29) is 0 Å². The van der Waals surface area contributed by atoms with Gasteiger partial charge in [0.05, 0.1) is 11.6 Å². The molecule has 1 aromatic carbocycles. The van der Waals surface area contributed by atoms with Crippen LogP contribution in [-0.4, -0.2) is 18.0 Å². The van der Waals surface area contributed by atoms with E-state index in [0.717, 1.165) is 31.1 Å². The van der Waals surface area contributed by atoms with E-state index >= 15 is 0 Å². The molecule has 0 N–H and O–H groups in total. The van der Waals surface area contributed by atoms with Gasteiger partial charge in [0.1, 0.15) is 0 Å².